The van der Waals surface area contributed by atoms with Gasteiger partial charge >= 0.3 is 0 Å². The minimum atomic E-state index is -4.15. The number of amidine groups is 1. The van der Waals surface area contributed by atoms with E-state index >= 15 is 0 Å². The topological polar surface area (TPSA) is 123 Å². The molecule has 0 bridgehead atoms. The molecule has 0 radical (unpaired) electrons. The Kier molecular flexibility index (Phi) is 6.02. The molecule has 3 aromatic rings. The first-order valence-corrected chi connectivity index (χ1v) is 12.6. The highest BCUT2D eigenvalue weighted by molar-refractivity contribution is 7.90. The summed E-state index contributed by atoms with van der Waals surface area (Å²) in [6, 6.07) is 8.16. The Bertz CT molecular complexity index is 1420. The van der Waals surface area contributed by atoms with Crippen LogP contribution in [0, 0.1) is 12.8 Å². The van der Waals surface area contributed by atoms with Crippen molar-refractivity contribution in [2.45, 2.75) is 38.6 Å². The molecule has 0 spiro atoms. The zero-order valence-electron chi connectivity index (χ0n) is 18.6. The van der Waals surface area contributed by atoms with Crippen molar-refractivity contribution in [2.24, 2.45) is 10.3 Å². The summed E-state index contributed by atoms with van der Waals surface area (Å²) in [6.45, 7) is 6.29. The Morgan fingerprint density at radius 2 is 2.00 bits per heavy atom. The van der Waals surface area contributed by atoms with E-state index in [0.29, 0.717) is 29.5 Å². The minimum Gasteiger partial charge on any atom is -0.505 e. The van der Waals surface area contributed by atoms with Crippen LogP contribution in [0.15, 0.2) is 44.4 Å². The Morgan fingerprint density at radius 1 is 1.24 bits per heavy atom. The van der Waals surface area contributed by atoms with E-state index in [4.69, 9.17) is 4.74 Å². The lowest BCUT2D eigenvalue weighted by atomic mass is 10.1. The van der Waals surface area contributed by atoms with Gasteiger partial charge in [-0.2, -0.15) is 13.5 Å². The van der Waals surface area contributed by atoms with Crippen molar-refractivity contribution in [3.05, 3.63) is 51.1 Å². The fourth-order valence-electron chi connectivity index (χ4n) is 3.41. The summed E-state index contributed by atoms with van der Waals surface area (Å²) < 4.78 is 36.0. The molecule has 2 N–H and O–H groups in total. The van der Waals surface area contributed by atoms with Crippen LogP contribution in [0.3, 0.4) is 0 Å². The van der Waals surface area contributed by atoms with Crippen LogP contribution in [-0.4, -0.2) is 36.3 Å². The van der Waals surface area contributed by atoms with Crippen molar-refractivity contribution in [2.75, 3.05) is 12.4 Å². The first-order chi connectivity index (χ1) is 15.6. The second-order valence-electron chi connectivity index (χ2n) is 8.10. The summed E-state index contributed by atoms with van der Waals surface area (Å²) >= 11 is 1.41. The molecule has 1 aromatic carbocycles. The van der Waals surface area contributed by atoms with Gasteiger partial charge in [-0.25, -0.2) is 4.68 Å². The van der Waals surface area contributed by atoms with Gasteiger partial charge in [-0.1, -0.05) is 13.8 Å². The highest BCUT2D eigenvalue weighted by atomic mass is 32.2. The molecule has 0 aliphatic carbocycles. The summed E-state index contributed by atoms with van der Waals surface area (Å²) in [5.41, 5.74) is -0.420. The first-order valence-electron chi connectivity index (χ1n) is 10.3. The zero-order valence-corrected chi connectivity index (χ0v) is 20.2. The summed E-state index contributed by atoms with van der Waals surface area (Å²) in [7, 11) is -2.72. The molecule has 11 heteroatoms. The fraction of sp³-hybridized carbons (Fsp3) is 0.318. The molecule has 0 saturated heterocycles. The standard InChI is InChI=1S/C22H24N4O5S2/c1-12(2)9-10-26-22(28)18(20(27)19(24-26)16-8-5-13(3)32-16)21-23-15-7-6-14(31-4)11-17(15)33(29,30)25-21/h5-8,11-12,27H,9-10H2,1-4H3,(H,23,25). The number of aromatic hydroxyl groups is 1. The molecule has 2 aromatic heterocycles. The molecule has 3 heterocycles. The van der Waals surface area contributed by atoms with Gasteiger partial charge in [-0.15, -0.1) is 15.7 Å². The molecule has 1 aliphatic heterocycles. The van der Waals surface area contributed by atoms with Gasteiger partial charge in [0.15, 0.2) is 11.6 Å². The van der Waals surface area contributed by atoms with Crippen molar-refractivity contribution in [1.29, 1.82) is 0 Å². The van der Waals surface area contributed by atoms with Gasteiger partial charge < -0.3 is 15.2 Å². The van der Waals surface area contributed by atoms with E-state index in [-0.39, 0.29) is 27.7 Å². The van der Waals surface area contributed by atoms with Crippen molar-refractivity contribution in [1.82, 2.24) is 9.78 Å². The molecule has 4 rings (SSSR count). The van der Waals surface area contributed by atoms with E-state index < -0.39 is 21.3 Å². The SMILES string of the molecule is COc1ccc2c(c1)S(=O)(=O)N=C(c1c(O)c(-c3ccc(C)s3)nn(CCC(C)C)c1=O)N2. The number of anilines is 1. The number of fused-ring (bicyclic) bond motifs is 1. The number of nitrogens with one attached hydrogen (secondary N) is 1. The van der Waals surface area contributed by atoms with Crippen molar-refractivity contribution >= 4 is 32.9 Å². The molecule has 9 nitrogen and oxygen atoms in total. The van der Waals surface area contributed by atoms with E-state index in [2.05, 4.69) is 14.8 Å². The highest BCUT2D eigenvalue weighted by Crippen LogP contribution is 2.36. The number of hydrogen-bond donors (Lipinski definition) is 2. The van der Waals surface area contributed by atoms with Crippen LogP contribution in [0.5, 0.6) is 11.5 Å². The van der Waals surface area contributed by atoms with Crippen LogP contribution >= 0.6 is 11.3 Å². The Balaban J connectivity index is 1.92. The predicted molar refractivity (Wildman–Crippen MR) is 128 cm³/mol. The average Bonchev–Trinajstić information content (AvgIpc) is 3.18. The summed E-state index contributed by atoms with van der Waals surface area (Å²) in [5.74, 6) is 0.0122. The monoisotopic (exact) mass is 488 g/mol. The van der Waals surface area contributed by atoms with E-state index in [1.54, 1.807) is 12.1 Å². The van der Waals surface area contributed by atoms with E-state index in [9.17, 15) is 18.3 Å². The van der Waals surface area contributed by atoms with E-state index in [0.717, 1.165) is 4.88 Å². The van der Waals surface area contributed by atoms with Gasteiger partial charge in [0.05, 0.1) is 17.7 Å². The fourth-order valence-corrected chi connectivity index (χ4v) is 5.40. The van der Waals surface area contributed by atoms with Crippen LogP contribution < -0.4 is 15.6 Å². The second-order valence-corrected chi connectivity index (χ2v) is 11.0. The normalized spacial score (nSPS) is 14.5. The smallest absolute Gasteiger partial charge is 0.286 e. The number of ether oxygens (including phenoxy) is 1. The number of aromatic nitrogens is 2. The number of hydrogen-bond acceptors (Lipinski definition) is 8. The predicted octanol–water partition coefficient (Wildman–Crippen LogP) is 3.60. The Hall–Kier alpha value is -3.18. The molecule has 0 fully saturated rings. The number of aryl methyl sites for hydroxylation is 2. The molecule has 0 saturated carbocycles. The molecule has 33 heavy (non-hydrogen) atoms. The third-order valence-corrected chi connectivity index (χ3v) is 7.51. The average molecular weight is 489 g/mol. The van der Waals surface area contributed by atoms with Crippen LogP contribution in [0.2, 0.25) is 0 Å². The van der Waals surface area contributed by atoms with Gasteiger partial charge in [0.2, 0.25) is 0 Å². The van der Waals surface area contributed by atoms with E-state index in [1.165, 1.54) is 35.3 Å². The highest BCUT2D eigenvalue weighted by Gasteiger charge is 2.31. The Morgan fingerprint density at radius 3 is 2.64 bits per heavy atom. The molecule has 0 atom stereocenters. The number of thiophene rings is 1. The molecular formula is C22H24N4O5S2. The van der Waals surface area contributed by atoms with Crippen molar-refractivity contribution in [3.8, 4) is 22.1 Å². The number of rotatable bonds is 6. The quantitative estimate of drug-likeness (QED) is 0.543. The summed E-state index contributed by atoms with van der Waals surface area (Å²) in [6.07, 6.45) is 0.681. The van der Waals surface area contributed by atoms with Gasteiger partial charge in [0.1, 0.15) is 21.9 Å². The maximum Gasteiger partial charge on any atom is 0.286 e. The molecular weight excluding hydrogens is 464 g/mol. The van der Waals surface area contributed by atoms with Crippen LogP contribution in [0.1, 0.15) is 30.7 Å². The number of methoxy groups -OCH3 is 1. The van der Waals surface area contributed by atoms with Gasteiger partial charge in [0.25, 0.3) is 15.6 Å². The molecule has 174 valence electrons. The van der Waals surface area contributed by atoms with Crippen LogP contribution in [0.4, 0.5) is 5.69 Å². The number of sulfonamides is 1. The lowest BCUT2D eigenvalue weighted by Crippen LogP contribution is -2.34. The van der Waals surface area contributed by atoms with Gasteiger partial charge in [-0.3, -0.25) is 4.79 Å². The van der Waals surface area contributed by atoms with Crippen molar-refractivity contribution in [3.63, 3.8) is 0 Å². The third-order valence-electron chi connectivity index (χ3n) is 5.19. The van der Waals surface area contributed by atoms with Gasteiger partial charge in [0, 0.05) is 17.5 Å². The maximum absolute atomic E-state index is 13.3. The summed E-state index contributed by atoms with van der Waals surface area (Å²) in [5, 5.41) is 18.4. The van der Waals surface area contributed by atoms with E-state index in [1.807, 2.05) is 26.8 Å². The van der Waals surface area contributed by atoms with Crippen molar-refractivity contribution < 1.29 is 18.3 Å². The summed E-state index contributed by atoms with van der Waals surface area (Å²) in [4.78, 5) is 14.9. The van der Waals surface area contributed by atoms with Crippen LogP contribution in [-0.2, 0) is 16.6 Å². The number of nitrogens with zero attached hydrogens (tertiary/aromatic N) is 3. The first kappa shape index (κ1) is 23.0. The van der Waals surface area contributed by atoms with Gasteiger partial charge in [-0.05, 0) is 43.5 Å². The number of benzene rings is 1. The third kappa shape index (κ3) is 4.38. The molecule has 1 aliphatic rings. The second kappa shape index (κ2) is 8.64. The lowest BCUT2D eigenvalue weighted by Gasteiger charge is -2.20. The zero-order chi connectivity index (χ0) is 23.9. The largest absolute Gasteiger partial charge is 0.505 e. The Labute approximate surface area is 195 Å². The maximum atomic E-state index is 13.3. The van der Waals surface area contributed by atoms with Crippen LogP contribution in [0.25, 0.3) is 10.6 Å². The molecule has 0 amide bonds. The lowest BCUT2D eigenvalue weighted by molar-refractivity contribution is 0.413. The minimum absolute atomic E-state index is 0.0756. The molecule has 0 unspecified atom stereocenters.